The number of nitriles is 1. The van der Waals surface area contributed by atoms with Crippen molar-refractivity contribution < 1.29 is 0 Å². The maximum atomic E-state index is 9.08. The van der Waals surface area contributed by atoms with Gasteiger partial charge in [-0.2, -0.15) is 5.26 Å². The van der Waals surface area contributed by atoms with Gasteiger partial charge in [-0.25, -0.2) is 0 Å². The second kappa shape index (κ2) is 5.23. The van der Waals surface area contributed by atoms with Crippen LogP contribution in [0.3, 0.4) is 0 Å². The Morgan fingerprint density at radius 3 is 2.60 bits per heavy atom. The van der Waals surface area contributed by atoms with Crippen LogP contribution in [0.15, 0.2) is 35.2 Å². The molecule has 0 heterocycles. The second-order valence-corrected chi connectivity index (χ2v) is 5.30. The summed E-state index contributed by atoms with van der Waals surface area (Å²) in [6, 6.07) is 12.9. The third-order valence-electron chi connectivity index (χ3n) is 2.90. The van der Waals surface area contributed by atoms with Gasteiger partial charge in [0.05, 0.1) is 12.0 Å². The first-order valence-electron chi connectivity index (χ1n) is 5.51. The van der Waals surface area contributed by atoms with Crippen molar-refractivity contribution in [3.8, 4) is 6.07 Å². The summed E-state index contributed by atoms with van der Waals surface area (Å²) in [5.41, 5.74) is 0. The Labute approximate surface area is 95.5 Å². The molecular formula is C13H15NS. The molecule has 1 nitrogen and oxygen atoms in total. The summed E-state index contributed by atoms with van der Waals surface area (Å²) in [7, 11) is 0. The fourth-order valence-electron chi connectivity index (χ4n) is 2.06. The summed E-state index contributed by atoms with van der Waals surface area (Å²) in [6.45, 7) is 0. The van der Waals surface area contributed by atoms with Gasteiger partial charge in [-0.1, -0.05) is 31.0 Å². The van der Waals surface area contributed by atoms with Crippen molar-refractivity contribution in [3.63, 3.8) is 0 Å². The molecule has 2 rings (SSSR count). The highest BCUT2D eigenvalue weighted by molar-refractivity contribution is 8.00. The summed E-state index contributed by atoms with van der Waals surface area (Å²) in [4.78, 5) is 1.30. The summed E-state index contributed by atoms with van der Waals surface area (Å²) < 4.78 is 0. The van der Waals surface area contributed by atoms with E-state index in [1.54, 1.807) is 0 Å². The molecule has 1 aromatic carbocycles. The van der Waals surface area contributed by atoms with Crippen LogP contribution in [0.25, 0.3) is 0 Å². The highest BCUT2D eigenvalue weighted by atomic mass is 32.2. The topological polar surface area (TPSA) is 23.8 Å². The van der Waals surface area contributed by atoms with Gasteiger partial charge in [0.2, 0.25) is 0 Å². The van der Waals surface area contributed by atoms with Gasteiger partial charge in [0.15, 0.2) is 0 Å². The third-order valence-corrected chi connectivity index (χ3v) is 4.31. The van der Waals surface area contributed by atoms with Crippen molar-refractivity contribution >= 4 is 11.8 Å². The number of thioether (sulfide) groups is 1. The lowest BCUT2D eigenvalue weighted by molar-refractivity contribution is 0.439. The highest BCUT2D eigenvalue weighted by Crippen LogP contribution is 2.36. The van der Waals surface area contributed by atoms with Crippen molar-refractivity contribution in [3.05, 3.63) is 30.3 Å². The van der Waals surface area contributed by atoms with Gasteiger partial charge in [0.1, 0.15) is 0 Å². The molecule has 1 aliphatic carbocycles. The van der Waals surface area contributed by atoms with Crippen molar-refractivity contribution in [2.75, 3.05) is 0 Å². The van der Waals surface area contributed by atoms with Crippen molar-refractivity contribution in [1.82, 2.24) is 0 Å². The van der Waals surface area contributed by atoms with E-state index in [1.165, 1.54) is 24.2 Å². The molecule has 1 saturated carbocycles. The normalized spacial score (nSPS) is 25.8. The summed E-state index contributed by atoms with van der Waals surface area (Å²) >= 11 is 1.87. The van der Waals surface area contributed by atoms with E-state index in [1.807, 2.05) is 17.8 Å². The Kier molecular flexibility index (Phi) is 3.69. The molecule has 0 amide bonds. The maximum absolute atomic E-state index is 9.08. The average molecular weight is 217 g/mol. The van der Waals surface area contributed by atoms with E-state index < -0.39 is 0 Å². The van der Waals surface area contributed by atoms with E-state index in [0.29, 0.717) is 5.25 Å². The molecule has 1 aliphatic rings. The van der Waals surface area contributed by atoms with Gasteiger partial charge in [0, 0.05) is 10.1 Å². The Morgan fingerprint density at radius 1 is 1.13 bits per heavy atom. The smallest absolute Gasteiger partial charge is 0.0667 e. The predicted octanol–water partition coefficient (Wildman–Crippen LogP) is 3.86. The first kappa shape index (κ1) is 10.6. The lowest BCUT2D eigenvalue weighted by atomic mass is 9.90. The Hall–Kier alpha value is -0.940. The van der Waals surface area contributed by atoms with Crippen LogP contribution in [-0.2, 0) is 0 Å². The monoisotopic (exact) mass is 217 g/mol. The molecule has 0 aromatic heterocycles. The molecule has 2 unspecified atom stereocenters. The van der Waals surface area contributed by atoms with E-state index in [-0.39, 0.29) is 5.92 Å². The molecule has 0 radical (unpaired) electrons. The van der Waals surface area contributed by atoms with Crippen LogP contribution in [0.5, 0.6) is 0 Å². The molecule has 0 saturated heterocycles. The number of rotatable bonds is 2. The fraction of sp³-hybridized carbons (Fsp3) is 0.462. The van der Waals surface area contributed by atoms with Gasteiger partial charge in [-0.15, -0.1) is 11.8 Å². The van der Waals surface area contributed by atoms with Gasteiger partial charge in [-0.3, -0.25) is 0 Å². The molecule has 0 spiro atoms. The van der Waals surface area contributed by atoms with E-state index in [9.17, 15) is 0 Å². The van der Waals surface area contributed by atoms with E-state index in [0.717, 1.165) is 6.42 Å². The summed E-state index contributed by atoms with van der Waals surface area (Å²) in [6.07, 6.45) is 4.78. The standard InChI is InChI=1S/C13H15NS/c14-10-11-6-4-5-9-13(11)15-12-7-2-1-3-8-12/h1-3,7-8,11,13H,4-6,9H2. The predicted molar refractivity (Wildman–Crippen MR) is 63.7 cm³/mol. The lowest BCUT2D eigenvalue weighted by Gasteiger charge is -2.25. The Morgan fingerprint density at radius 2 is 1.87 bits per heavy atom. The fourth-order valence-corrected chi connectivity index (χ4v) is 3.37. The first-order valence-corrected chi connectivity index (χ1v) is 6.39. The number of hydrogen-bond donors (Lipinski definition) is 0. The number of hydrogen-bond acceptors (Lipinski definition) is 2. The molecule has 0 bridgehead atoms. The van der Waals surface area contributed by atoms with Crippen LogP contribution in [0.2, 0.25) is 0 Å². The average Bonchev–Trinajstić information content (AvgIpc) is 2.31. The Bertz CT molecular complexity index is 341. The van der Waals surface area contributed by atoms with Gasteiger partial charge in [0.25, 0.3) is 0 Å². The molecule has 1 aromatic rings. The molecule has 1 fully saturated rings. The largest absolute Gasteiger partial charge is 0.198 e. The van der Waals surface area contributed by atoms with Gasteiger partial charge < -0.3 is 0 Å². The zero-order chi connectivity index (χ0) is 10.5. The van der Waals surface area contributed by atoms with Crippen LogP contribution in [0, 0.1) is 17.2 Å². The van der Waals surface area contributed by atoms with Crippen LogP contribution in [-0.4, -0.2) is 5.25 Å². The molecule has 0 aliphatic heterocycles. The van der Waals surface area contributed by atoms with Crippen molar-refractivity contribution in [2.24, 2.45) is 5.92 Å². The highest BCUT2D eigenvalue weighted by Gasteiger charge is 2.25. The Balaban J connectivity index is 2.01. The van der Waals surface area contributed by atoms with E-state index >= 15 is 0 Å². The van der Waals surface area contributed by atoms with Gasteiger partial charge in [-0.05, 0) is 25.0 Å². The molecule has 0 N–H and O–H groups in total. The molecule has 15 heavy (non-hydrogen) atoms. The van der Waals surface area contributed by atoms with Crippen LogP contribution in [0.4, 0.5) is 0 Å². The van der Waals surface area contributed by atoms with Crippen molar-refractivity contribution in [2.45, 2.75) is 35.8 Å². The molecule has 2 heteroatoms. The summed E-state index contributed by atoms with van der Waals surface area (Å²) in [5.74, 6) is 0.254. The minimum atomic E-state index is 0.254. The van der Waals surface area contributed by atoms with Crippen LogP contribution in [0.1, 0.15) is 25.7 Å². The van der Waals surface area contributed by atoms with E-state index in [2.05, 4.69) is 30.3 Å². The second-order valence-electron chi connectivity index (χ2n) is 3.99. The molecule has 78 valence electrons. The number of nitrogens with zero attached hydrogens (tertiary/aromatic N) is 1. The SMILES string of the molecule is N#CC1CCCCC1Sc1ccccc1. The van der Waals surface area contributed by atoms with Crippen LogP contribution < -0.4 is 0 Å². The minimum Gasteiger partial charge on any atom is -0.198 e. The summed E-state index contributed by atoms with van der Waals surface area (Å²) in [5, 5.41) is 9.58. The maximum Gasteiger partial charge on any atom is 0.0667 e. The first-order chi connectivity index (χ1) is 7.40. The van der Waals surface area contributed by atoms with Crippen LogP contribution >= 0.6 is 11.8 Å². The quantitative estimate of drug-likeness (QED) is 0.751. The zero-order valence-corrected chi connectivity index (χ0v) is 9.54. The lowest BCUT2D eigenvalue weighted by Crippen LogP contribution is -2.20. The zero-order valence-electron chi connectivity index (χ0n) is 8.73. The third kappa shape index (κ3) is 2.76. The number of benzene rings is 1. The minimum absolute atomic E-state index is 0.254. The molecular weight excluding hydrogens is 202 g/mol. The van der Waals surface area contributed by atoms with E-state index in [4.69, 9.17) is 5.26 Å². The molecule has 2 atom stereocenters. The van der Waals surface area contributed by atoms with Gasteiger partial charge >= 0.3 is 0 Å². The van der Waals surface area contributed by atoms with Crippen molar-refractivity contribution in [1.29, 1.82) is 5.26 Å².